The van der Waals surface area contributed by atoms with Crippen LogP contribution in [0.4, 0.5) is 0 Å². The molecule has 0 aromatic heterocycles. The van der Waals surface area contributed by atoms with Crippen LogP contribution in [-0.2, 0) is 6.54 Å². The Bertz CT molecular complexity index is 547. The van der Waals surface area contributed by atoms with E-state index >= 15 is 0 Å². The molecule has 0 amide bonds. The second-order valence-electron chi connectivity index (χ2n) is 6.89. The number of nitrogens with one attached hydrogen (secondary N) is 2. The van der Waals surface area contributed by atoms with Crippen molar-refractivity contribution in [1.82, 2.24) is 10.6 Å². The Labute approximate surface area is 139 Å². The van der Waals surface area contributed by atoms with Crippen LogP contribution < -0.4 is 15.4 Å². The largest absolute Gasteiger partial charge is 0.497 e. The van der Waals surface area contributed by atoms with E-state index in [1.165, 1.54) is 37.7 Å². The molecule has 0 radical (unpaired) electrons. The van der Waals surface area contributed by atoms with Crippen molar-refractivity contribution in [1.29, 1.82) is 0 Å². The Balaban J connectivity index is 1.58. The highest BCUT2D eigenvalue weighted by molar-refractivity contribution is 5.79. The van der Waals surface area contributed by atoms with Crippen LogP contribution in [0.3, 0.4) is 0 Å². The van der Waals surface area contributed by atoms with Crippen LogP contribution in [0.5, 0.6) is 5.75 Å². The maximum Gasteiger partial charge on any atom is 0.191 e. The van der Waals surface area contributed by atoms with Crippen molar-refractivity contribution < 1.29 is 4.74 Å². The Morgan fingerprint density at radius 1 is 1.30 bits per heavy atom. The molecular formula is C19H29N3O. The van der Waals surface area contributed by atoms with Gasteiger partial charge in [0, 0.05) is 13.1 Å². The summed E-state index contributed by atoms with van der Waals surface area (Å²) in [5.74, 6) is 2.78. The molecule has 2 N–H and O–H groups in total. The molecule has 2 saturated carbocycles. The van der Waals surface area contributed by atoms with Gasteiger partial charge in [-0.05, 0) is 61.6 Å². The normalized spacial score (nSPS) is 19.8. The van der Waals surface area contributed by atoms with Gasteiger partial charge in [-0.1, -0.05) is 18.6 Å². The minimum atomic E-state index is 0.562. The molecule has 3 rings (SSSR count). The number of aliphatic imine (C=N–C) groups is 1. The molecule has 126 valence electrons. The fourth-order valence-electron chi connectivity index (χ4n) is 3.60. The monoisotopic (exact) mass is 315 g/mol. The van der Waals surface area contributed by atoms with E-state index in [9.17, 15) is 0 Å². The molecule has 4 nitrogen and oxygen atoms in total. The van der Waals surface area contributed by atoms with E-state index < -0.39 is 0 Å². The predicted octanol–water partition coefficient (Wildman–Crippen LogP) is 3.33. The lowest BCUT2D eigenvalue weighted by molar-refractivity contribution is 0.106. The van der Waals surface area contributed by atoms with E-state index in [4.69, 9.17) is 9.73 Å². The first-order chi connectivity index (χ1) is 11.3. The molecule has 0 spiro atoms. The van der Waals surface area contributed by atoms with E-state index in [-0.39, 0.29) is 0 Å². The average molecular weight is 315 g/mol. The summed E-state index contributed by atoms with van der Waals surface area (Å²) in [5.41, 5.74) is 1.73. The van der Waals surface area contributed by atoms with Crippen LogP contribution in [0.25, 0.3) is 0 Å². The van der Waals surface area contributed by atoms with Gasteiger partial charge in [0.1, 0.15) is 5.75 Å². The second kappa shape index (κ2) is 7.24. The lowest BCUT2D eigenvalue weighted by Gasteiger charge is -2.43. The van der Waals surface area contributed by atoms with E-state index in [0.717, 1.165) is 30.7 Å². The molecule has 2 fully saturated rings. The molecule has 23 heavy (non-hydrogen) atoms. The van der Waals surface area contributed by atoms with Gasteiger partial charge in [-0.15, -0.1) is 0 Å². The van der Waals surface area contributed by atoms with Gasteiger partial charge in [0.05, 0.1) is 13.7 Å². The topological polar surface area (TPSA) is 45.7 Å². The van der Waals surface area contributed by atoms with Crippen LogP contribution in [0.15, 0.2) is 29.3 Å². The lowest BCUT2D eigenvalue weighted by atomic mass is 9.65. The minimum absolute atomic E-state index is 0.562. The Morgan fingerprint density at radius 2 is 2.13 bits per heavy atom. The van der Waals surface area contributed by atoms with Crippen molar-refractivity contribution in [2.45, 2.75) is 45.6 Å². The number of guanidine groups is 1. The lowest BCUT2D eigenvalue weighted by Crippen LogP contribution is -2.47. The third-order valence-corrected chi connectivity index (χ3v) is 5.30. The minimum Gasteiger partial charge on any atom is -0.497 e. The molecule has 0 bridgehead atoms. The number of hydrogen-bond acceptors (Lipinski definition) is 2. The third-order valence-electron chi connectivity index (χ3n) is 5.30. The van der Waals surface area contributed by atoms with Crippen LogP contribution in [0.2, 0.25) is 0 Å². The quantitative estimate of drug-likeness (QED) is 0.599. The summed E-state index contributed by atoms with van der Waals surface area (Å²) in [7, 11) is 1.70. The van der Waals surface area contributed by atoms with Gasteiger partial charge in [-0.2, -0.15) is 0 Å². The molecule has 1 aromatic carbocycles. The maximum atomic E-state index is 5.28. The van der Waals surface area contributed by atoms with Gasteiger partial charge >= 0.3 is 0 Å². The van der Waals surface area contributed by atoms with E-state index in [2.05, 4.69) is 23.6 Å². The number of rotatable bonds is 7. The highest BCUT2D eigenvalue weighted by atomic mass is 16.5. The summed E-state index contributed by atoms with van der Waals surface area (Å²) in [6, 6.07) is 8.12. The highest BCUT2D eigenvalue weighted by Crippen LogP contribution is 2.56. The molecule has 0 unspecified atom stereocenters. The average Bonchev–Trinajstić information content (AvgIpc) is 3.37. The molecule has 2 aliphatic carbocycles. The third kappa shape index (κ3) is 3.98. The summed E-state index contributed by atoms with van der Waals surface area (Å²) >= 11 is 0. The van der Waals surface area contributed by atoms with Gasteiger partial charge in [0.2, 0.25) is 0 Å². The molecule has 0 heterocycles. The van der Waals surface area contributed by atoms with Crippen LogP contribution in [0, 0.1) is 11.3 Å². The van der Waals surface area contributed by atoms with Crippen LogP contribution in [0.1, 0.15) is 44.6 Å². The fraction of sp³-hybridized carbons (Fsp3) is 0.632. The zero-order valence-electron chi connectivity index (χ0n) is 14.4. The van der Waals surface area contributed by atoms with Crippen molar-refractivity contribution in [3.8, 4) is 5.75 Å². The first-order valence-corrected chi connectivity index (χ1v) is 8.91. The van der Waals surface area contributed by atoms with Gasteiger partial charge in [0.25, 0.3) is 0 Å². The van der Waals surface area contributed by atoms with Crippen molar-refractivity contribution in [2.24, 2.45) is 16.3 Å². The summed E-state index contributed by atoms with van der Waals surface area (Å²) in [6.45, 7) is 4.74. The van der Waals surface area contributed by atoms with E-state index in [0.29, 0.717) is 12.0 Å². The van der Waals surface area contributed by atoms with Gasteiger partial charge in [0.15, 0.2) is 5.96 Å². The predicted molar refractivity (Wildman–Crippen MR) is 94.8 cm³/mol. The van der Waals surface area contributed by atoms with Crippen molar-refractivity contribution in [3.63, 3.8) is 0 Å². The SMILES string of the molecule is CCNC(=NCc1cccc(OC)c1)NCC1(C2CC2)CCC1. The van der Waals surface area contributed by atoms with Crippen LogP contribution in [-0.4, -0.2) is 26.2 Å². The van der Waals surface area contributed by atoms with Crippen molar-refractivity contribution in [3.05, 3.63) is 29.8 Å². The first kappa shape index (κ1) is 16.2. The Hall–Kier alpha value is -1.71. The molecule has 4 heteroatoms. The number of nitrogens with zero attached hydrogens (tertiary/aromatic N) is 1. The summed E-state index contributed by atoms with van der Waals surface area (Å²) in [5, 5.41) is 6.96. The molecule has 0 saturated heterocycles. The molecule has 1 aromatic rings. The smallest absolute Gasteiger partial charge is 0.191 e. The number of hydrogen-bond donors (Lipinski definition) is 2. The fourth-order valence-corrected chi connectivity index (χ4v) is 3.60. The molecule has 0 atom stereocenters. The van der Waals surface area contributed by atoms with E-state index in [1.807, 2.05) is 18.2 Å². The summed E-state index contributed by atoms with van der Waals surface area (Å²) < 4.78 is 5.28. The van der Waals surface area contributed by atoms with E-state index in [1.54, 1.807) is 7.11 Å². The van der Waals surface area contributed by atoms with Crippen LogP contribution >= 0.6 is 0 Å². The molecule has 2 aliphatic rings. The number of methoxy groups -OCH3 is 1. The zero-order valence-corrected chi connectivity index (χ0v) is 14.4. The van der Waals surface area contributed by atoms with Gasteiger partial charge < -0.3 is 15.4 Å². The van der Waals surface area contributed by atoms with Crippen molar-refractivity contribution >= 4 is 5.96 Å². The standard InChI is InChI=1S/C19H29N3O/c1-3-20-18(21-13-15-6-4-7-17(12-15)23-2)22-14-19(10-5-11-19)16-8-9-16/h4,6-7,12,16H,3,5,8-11,13-14H2,1-2H3,(H2,20,21,22). The zero-order chi connectivity index (χ0) is 16.1. The van der Waals surface area contributed by atoms with Gasteiger partial charge in [-0.25, -0.2) is 4.99 Å². The number of benzene rings is 1. The second-order valence-corrected chi connectivity index (χ2v) is 6.89. The Morgan fingerprint density at radius 3 is 2.74 bits per heavy atom. The number of ether oxygens (including phenoxy) is 1. The summed E-state index contributed by atoms with van der Waals surface area (Å²) in [4.78, 5) is 4.74. The highest BCUT2D eigenvalue weighted by Gasteiger charge is 2.48. The molecular weight excluding hydrogens is 286 g/mol. The van der Waals surface area contributed by atoms with Crippen molar-refractivity contribution in [2.75, 3.05) is 20.2 Å². The Kier molecular flexibility index (Phi) is 5.09. The maximum absolute atomic E-state index is 5.28. The first-order valence-electron chi connectivity index (χ1n) is 8.91. The summed E-state index contributed by atoms with van der Waals surface area (Å²) in [6.07, 6.45) is 7.04. The molecule has 0 aliphatic heterocycles. The van der Waals surface area contributed by atoms with Gasteiger partial charge in [-0.3, -0.25) is 0 Å².